The van der Waals surface area contributed by atoms with Crippen molar-refractivity contribution in [1.82, 2.24) is 9.88 Å². The molecule has 3 rings (SSSR count). The average Bonchev–Trinajstić information content (AvgIpc) is 2.93. The van der Waals surface area contributed by atoms with Gasteiger partial charge in [-0.2, -0.15) is 0 Å². The van der Waals surface area contributed by atoms with E-state index < -0.39 is 0 Å². The number of thioether (sulfide) groups is 1. The summed E-state index contributed by atoms with van der Waals surface area (Å²) in [5.41, 5.74) is 0.987. The van der Waals surface area contributed by atoms with E-state index in [-0.39, 0.29) is 17.7 Å². The van der Waals surface area contributed by atoms with Crippen LogP contribution in [0.2, 0.25) is 0 Å². The Morgan fingerprint density at radius 2 is 2.21 bits per heavy atom. The summed E-state index contributed by atoms with van der Waals surface area (Å²) in [4.78, 5) is 28.9. The van der Waals surface area contributed by atoms with E-state index in [0.717, 1.165) is 14.6 Å². The zero-order valence-electron chi connectivity index (χ0n) is 10.3. The molecule has 1 aromatic carbocycles. The lowest BCUT2D eigenvalue weighted by Gasteiger charge is -2.06. The molecule has 98 valence electrons. The van der Waals surface area contributed by atoms with E-state index in [1.165, 1.54) is 4.90 Å². The number of nitrogens with zero attached hydrogens (tertiary/aromatic N) is 2. The number of para-hydroxylation sites is 1. The Bertz CT molecular complexity index is 620. The van der Waals surface area contributed by atoms with Crippen molar-refractivity contribution in [3.8, 4) is 0 Å². The van der Waals surface area contributed by atoms with E-state index in [4.69, 9.17) is 0 Å². The third kappa shape index (κ3) is 2.37. The average molecular weight is 292 g/mol. The molecular formula is C13H12N2O2S2. The summed E-state index contributed by atoms with van der Waals surface area (Å²) in [5, 5.41) is 0. The monoisotopic (exact) mass is 292 g/mol. The molecular weight excluding hydrogens is 280 g/mol. The first-order chi connectivity index (χ1) is 9.15. The topological polar surface area (TPSA) is 50.3 Å². The van der Waals surface area contributed by atoms with Gasteiger partial charge in [-0.25, -0.2) is 4.98 Å². The van der Waals surface area contributed by atoms with Crippen molar-refractivity contribution < 1.29 is 9.59 Å². The van der Waals surface area contributed by atoms with E-state index in [2.05, 4.69) is 4.98 Å². The summed E-state index contributed by atoms with van der Waals surface area (Å²) in [6, 6.07) is 7.97. The van der Waals surface area contributed by atoms with Crippen LogP contribution in [-0.4, -0.2) is 34.5 Å². The van der Waals surface area contributed by atoms with Gasteiger partial charge in [0.25, 0.3) is 0 Å². The molecule has 0 radical (unpaired) electrons. The van der Waals surface area contributed by atoms with Gasteiger partial charge in [-0.05, 0) is 12.1 Å². The molecule has 2 heterocycles. The van der Waals surface area contributed by atoms with Crippen LogP contribution >= 0.6 is 23.1 Å². The highest BCUT2D eigenvalue weighted by Crippen LogP contribution is 2.32. The van der Waals surface area contributed by atoms with Crippen LogP contribution < -0.4 is 0 Å². The van der Waals surface area contributed by atoms with E-state index in [9.17, 15) is 9.59 Å². The molecule has 0 N–H and O–H groups in total. The third-order valence-corrected chi connectivity index (χ3v) is 5.50. The highest BCUT2D eigenvalue weighted by atomic mass is 32.2. The molecule has 2 amide bonds. The van der Waals surface area contributed by atoms with Crippen molar-refractivity contribution in [2.24, 2.45) is 5.92 Å². The Hall–Kier alpha value is -1.40. The molecule has 1 atom stereocenters. The number of hydrogen-bond donors (Lipinski definition) is 0. The lowest BCUT2D eigenvalue weighted by molar-refractivity contribution is -0.137. The van der Waals surface area contributed by atoms with Gasteiger partial charge in [-0.15, -0.1) is 11.3 Å². The largest absolute Gasteiger partial charge is 0.285 e. The number of imide groups is 1. The van der Waals surface area contributed by atoms with Gasteiger partial charge in [0.1, 0.15) is 0 Å². The molecule has 6 heteroatoms. The van der Waals surface area contributed by atoms with E-state index in [1.54, 1.807) is 30.1 Å². The fraction of sp³-hybridized carbons (Fsp3) is 0.308. The molecule has 0 saturated carbocycles. The number of thiazole rings is 1. The molecule has 0 bridgehead atoms. The van der Waals surface area contributed by atoms with Gasteiger partial charge in [0, 0.05) is 19.2 Å². The second-order valence-electron chi connectivity index (χ2n) is 4.45. The Kier molecular flexibility index (Phi) is 3.28. The molecule has 1 aliphatic heterocycles. The zero-order valence-corrected chi connectivity index (χ0v) is 12.0. The first-order valence-electron chi connectivity index (χ1n) is 5.94. The minimum absolute atomic E-state index is 0.0707. The smallest absolute Gasteiger partial charge is 0.233 e. The van der Waals surface area contributed by atoms with Crippen molar-refractivity contribution in [2.45, 2.75) is 10.8 Å². The van der Waals surface area contributed by atoms with E-state index in [1.807, 2.05) is 24.3 Å². The predicted octanol–water partition coefficient (Wildman–Crippen LogP) is 2.39. The molecule has 2 aromatic rings. The molecule has 19 heavy (non-hydrogen) atoms. The predicted molar refractivity (Wildman–Crippen MR) is 76.2 cm³/mol. The van der Waals surface area contributed by atoms with Crippen LogP contribution in [0, 0.1) is 5.92 Å². The normalized spacial score (nSPS) is 19.6. The van der Waals surface area contributed by atoms with Crippen LogP contribution in [0.3, 0.4) is 0 Å². The summed E-state index contributed by atoms with van der Waals surface area (Å²) in [5.74, 6) is 0.266. The molecule has 1 aromatic heterocycles. The Morgan fingerprint density at radius 1 is 1.42 bits per heavy atom. The maximum atomic E-state index is 11.8. The number of amides is 2. The quantitative estimate of drug-likeness (QED) is 0.644. The van der Waals surface area contributed by atoms with Crippen molar-refractivity contribution in [2.75, 3.05) is 12.8 Å². The first kappa shape index (κ1) is 12.6. The molecule has 1 fully saturated rings. The number of carbonyl (C=O) groups excluding carboxylic acids is 2. The van der Waals surface area contributed by atoms with Gasteiger partial charge in [0.05, 0.1) is 16.1 Å². The summed E-state index contributed by atoms with van der Waals surface area (Å²) in [7, 11) is 1.55. The molecule has 1 unspecified atom stereocenters. The van der Waals surface area contributed by atoms with Crippen LogP contribution in [0.4, 0.5) is 0 Å². The van der Waals surface area contributed by atoms with Crippen LogP contribution in [-0.2, 0) is 9.59 Å². The van der Waals surface area contributed by atoms with Crippen molar-refractivity contribution in [3.05, 3.63) is 24.3 Å². The first-order valence-corrected chi connectivity index (χ1v) is 7.74. The van der Waals surface area contributed by atoms with Crippen molar-refractivity contribution in [1.29, 1.82) is 0 Å². The number of aromatic nitrogens is 1. The van der Waals surface area contributed by atoms with Gasteiger partial charge < -0.3 is 0 Å². The summed E-state index contributed by atoms with van der Waals surface area (Å²) < 4.78 is 2.10. The Labute approximate surface area is 118 Å². The SMILES string of the molecule is CN1C(=O)CC(CSc2nc3ccccc3s2)C1=O. The fourth-order valence-electron chi connectivity index (χ4n) is 2.05. The summed E-state index contributed by atoms with van der Waals surface area (Å²) in [6.45, 7) is 0. The van der Waals surface area contributed by atoms with Crippen molar-refractivity contribution in [3.63, 3.8) is 0 Å². The molecule has 1 saturated heterocycles. The number of carbonyl (C=O) groups is 2. The second kappa shape index (κ2) is 4.94. The van der Waals surface area contributed by atoms with Crippen LogP contribution in [0.5, 0.6) is 0 Å². The molecule has 0 aliphatic carbocycles. The standard InChI is InChI=1S/C13H12N2O2S2/c1-15-11(16)6-8(12(15)17)7-18-13-14-9-4-2-3-5-10(9)19-13/h2-5,8H,6-7H2,1H3. The van der Waals surface area contributed by atoms with Crippen LogP contribution in [0.25, 0.3) is 10.2 Å². The molecule has 0 spiro atoms. The van der Waals surface area contributed by atoms with Gasteiger partial charge in [-0.1, -0.05) is 23.9 Å². The fourth-order valence-corrected chi connectivity index (χ4v) is 4.22. The lowest BCUT2D eigenvalue weighted by Crippen LogP contribution is -2.26. The van der Waals surface area contributed by atoms with Crippen LogP contribution in [0.1, 0.15) is 6.42 Å². The van der Waals surface area contributed by atoms with Gasteiger partial charge in [-0.3, -0.25) is 14.5 Å². The van der Waals surface area contributed by atoms with E-state index in [0.29, 0.717) is 12.2 Å². The second-order valence-corrected chi connectivity index (χ2v) is 6.75. The number of hydrogen-bond acceptors (Lipinski definition) is 5. The Balaban J connectivity index is 1.69. The highest BCUT2D eigenvalue weighted by molar-refractivity contribution is 8.01. The van der Waals surface area contributed by atoms with Gasteiger partial charge >= 0.3 is 0 Å². The summed E-state index contributed by atoms with van der Waals surface area (Å²) in [6.07, 6.45) is 0.327. The van der Waals surface area contributed by atoms with Gasteiger partial charge in [0.15, 0.2) is 4.34 Å². The summed E-state index contributed by atoms with van der Waals surface area (Å²) >= 11 is 3.18. The van der Waals surface area contributed by atoms with Crippen molar-refractivity contribution >= 4 is 45.1 Å². The maximum Gasteiger partial charge on any atom is 0.233 e. The highest BCUT2D eigenvalue weighted by Gasteiger charge is 2.35. The number of fused-ring (bicyclic) bond motifs is 1. The van der Waals surface area contributed by atoms with E-state index >= 15 is 0 Å². The number of rotatable bonds is 3. The Morgan fingerprint density at radius 3 is 2.89 bits per heavy atom. The molecule has 1 aliphatic rings. The lowest BCUT2D eigenvalue weighted by atomic mass is 10.1. The third-order valence-electron chi connectivity index (χ3n) is 3.16. The zero-order chi connectivity index (χ0) is 13.4. The minimum atomic E-state index is -0.200. The minimum Gasteiger partial charge on any atom is -0.285 e. The molecule has 4 nitrogen and oxygen atoms in total. The van der Waals surface area contributed by atoms with Gasteiger partial charge in [0.2, 0.25) is 11.8 Å². The number of likely N-dealkylation sites (tertiary alicyclic amines) is 1. The maximum absolute atomic E-state index is 11.8. The number of benzene rings is 1. The van der Waals surface area contributed by atoms with Crippen LogP contribution in [0.15, 0.2) is 28.6 Å².